The van der Waals surface area contributed by atoms with Crippen LogP contribution in [0.3, 0.4) is 0 Å². The molecule has 1 aromatic heterocycles. The van der Waals surface area contributed by atoms with Crippen LogP contribution in [0.25, 0.3) is 0 Å². The number of hydrogen-bond acceptors (Lipinski definition) is 5. The van der Waals surface area contributed by atoms with Crippen LogP contribution in [0.2, 0.25) is 5.02 Å². The molecule has 0 radical (unpaired) electrons. The summed E-state index contributed by atoms with van der Waals surface area (Å²) in [5.41, 5.74) is 6.50. The maximum absolute atomic E-state index is 11.7. The Hall–Kier alpha value is -1.21. The summed E-state index contributed by atoms with van der Waals surface area (Å²) in [7, 11) is 0. The summed E-state index contributed by atoms with van der Waals surface area (Å²) < 4.78 is 0. The molecule has 0 fully saturated rings. The molecule has 1 atom stereocenters. The van der Waals surface area contributed by atoms with Crippen LogP contribution in [0.1, 0.15) is 17.5 Å². The lowest BCUT2D eigenvalue weighted by atomic mass is 10.2. The highest BCUT2D eigenvalue weighted by Gasteiger charge is 2.13. The highest BCUT2D eigenvalue weighted by atomic mass is 35.5. The standard InChI is InChI=1S/C13H15ClN4OS.ClH/c1-8(7-15)12(19)16-13-18-17-11(20-13)6-9-3-2-4-10(14)5-9;/h2-5,8H,6-7,15H2,1H3,(H,16,18,19);1H. The van der Waals surface area contributed by atoms with E-state index in [0.717, 1.165) is 10.6 Å². The molecule has 0 aliphatic carbocycles. The van der Waals surface area contributed by atoms with Crippen molar-refractivity contribution in [2.45, 2.75) is 13.3 Å². The highest BCUT2D eigenvalue weighted by Crippen LogP contribution is 2.20. The third-order valence-corrected chi connectivity index (χ3v) is 3.82. The van der Waals surface area contributed by atoms with Crippen molar-refractivity contribution in [3.05, 3.63) is 39.9 Å². The summed E-state index contributed by atoms with van der Waals surface area (Å²) >= 11 is 7.29. The Morgan fingerprint density at radius 1 is 1.48 bits per heavy atom. The van der Waals surface area contributed by atoms with E-state index in [0.29, 0.717) is 23.1 Å². The minimum absolute atomic E-state index is 0. The SMILES string of the molecule is CC(CN)C(=O)Nc1nnc(Cc2cccc(Cl)c2)s1.Cl. The number of benzene rings is 1. The van der Waals surface area contributed by atoms with E-state index in [1.54, 1.807) is 6.92 Å². The third-order valence-electron chi connectivity index (χ3n) is 2.74. The van der Waals surface area contributed by atoms with Gasteiger partial charge >= 0.3 is 0 Å². The number of anilines is 1. The molecule has 8 heteroatoms. The first-order valence-corrected chi connectivity index (χ1v) is 7.35. The number of nitrogens with one attached hydrogen (secondary N) is 1. The second-order valence-electron chi connectivity index (χ2n) is 4.43. The van der Waals surface area contributed by atoms with Crippen LogP contribution < -0.4 is 11.1 Å². The molecule has 5 nitrogen and oxygen atoms in total. The Labute approximate surface area is 138 Å². The van der Waals surface area contributed by atoms with E-state index in [2.05, 4.69) is 15.5 Å². The summed E-state index contributed by atoms with van der Waals surface area (Å²) in [4.78, 5) is 11.7. The number of carbonyl (C=O) groups excluding carboxylic acids is 1. The van der Waals surface area contributed by atoms with E-state index in [4.69, 9.17) is 17.3 Å². The van der Waals surface area contributed by atoms with Crippen molar-refractivity contribution in [1.29, 1.82) is 0 Å². The Kier molecular flexibility index (Phi) is 7.04. The van der Waals surface area contributed by atoms with Crippen LogP contribution >= 0.6 is 35.3 Å². The van der Waals surface area contributed by atoms with E-state index in [1.807, 2.05) is 24.3 Å². The Morgan fingerprint density at radius 3 is 2.90 bits per heavy atom. The van der Waals surface area contributed by atoms with E-state index in [9.17, 15) is 4.79 Å². The van der Waals surface area contributed by atoms with Gasteiger partial charge in [0.25, 0.3) is 0 Å². The first-order chi connectivity index (χ1) is 9.58. The number of halogens is 2. The maximum atomic E-state index is 11.7. The average Bonchev–Trinajstić information content (AvgIpc) is 2.85. The van der Waals surface area contributed by atoms with Crippen molar-refractivity contribution in [2.24, 2.45) is 11.7 Å². The van der Waals surface area contributed by atoms with Crippen LogP contribution in [0.15, 0.2) is 24.3 Å². The molecule has 2 aromatic rings. The van der Waals surface area contributed by atoms with Crippen LogP contribution in [0.4, 0.5) is 5.13 Å². The highest BCUT2D eigenvalue weighted by molar-refractivity contribution is 7.15. The van der Waals surface area contributed by atoms with Gasteiger partial charge in [0.1, 0.15) is 5.01 Å². The fraction of sp³-hybridized carbons (Fsp3) is 0.308. The number of nitrogens with zero attached hydrogens (tertiary/aromatic N) is 2. The fourth-order valence-electron chi connectivity index (χ4n) is 1.53. The van der Waals surface area contributed by atoms with Crippen LogP contribution in [0.5, 0.6) is 0 Å². The molecular formula is C13H16Cl2N4OS. The first kappa shape index (κ1) is 17.8. The Bertz CT molecular complexity index is 605. The molecule has 1 amide bonds. The smallest absolute Gasteiger partial charge is 0.230 e. The summed E-state index contributed by atoms with van der Waals surface area (Å²) in [5.74, 6) is -0.381. The van der Waals surface area contributed by atoms with Gasteiger partial charge in [-0.1, -0.05) is 42.0 Å². The van der Waals surface area contributed by atoms with Crippen LogP contribution in [-0.4, -0.2) is 22.6 Å². The van der Waals surface area contributed by atoms with Crippen molar-refractivity contribution in [1.82, 2.24) is 10.2 Å². The summed E-state index contributed by atoms with van der Waals surface area (Å²) in [5, 5.41) is 12.7. The number of hydrogen-bond donors (Lipinski definition) is 2. The molecule has 1 heterocycles. The van der Waals surface area contributed by atoms with Crippen molar-refractivity contribution in [3.8, 4) is 0 Å². The van der Waals surface area contributed by atoms with Gasteiger partial charge in [-0.3, -0.25) is 4.79 Å². The maximum Gasteiger partial charge on any atom is 0.230 e. The molecule has 0 saturated carbocycles. The summed E-state index contributed by atoms with van der Waals surface area (Å²) in [6.07, 6.45) is 0.639. The van der Waals surface area contributed by atoms with Crippen molar-refractivity contribution < 1.29 is 4.79 Å². The number of rotatable bonds is 5. The van der Waals surface area contributed by atoms with E-state index >= 15 is 0 Å². The molecule has 0 bridgehead atoms. The van der Waals surface area contributed by atoms with E-state index in [1.165, 1.54) is 11.3 Å². The van der Waals surface area contributed by atoms with Gasteiger partial charge in [-0.15, -0.1) is 22.6 Å². The van der Waals surface area contributed by atoms with Gasteiger partial charge in [-0.2, -0.15) is 0 Å². The van der Waals surface area contributed by atoms with Gasteiger partial charge in [0.05, 0.1) is 0 Å². The van der Waals surface area contributed by atoms with Gasteiger partial charge in [0.2, 0.25) is 11.0 Å². The molecule has 0 aliphatic heterocycles. The van der Waals surface area contributed by atoms with Gasteiger partial charge in [0, 0.05) is 23.9 Å². The summed E-state index contributed by atoms with van der Waals surface area (Å²) in [6, 6.07) is 7.58. The molecule has 3 N–H and O–H groups in total. The average molecular weight is 347 g/mol. The quantitative estimate of drug-likeness (QED) is 0.871. The second kappa shape index (κ2) is 8.29. The first-order valence-electron chi connectivity index (χ1n) is 6.16. The van der Waals surface area contributed by atoms with Crippen molar-refractivity contribution in [2.75, 3.05) is 11.9 Å². The minimum atomic E-state index is -0.240. The van der Waals surface area contributed by atoms with Gasteiger partial charge in [-0.05, 0) is 17.7 Å². The van der Waals surface area contributed by atoms with E-state index in [-0.39, 0.29) is 24.2 Å². The van der Waals surface area contributed by atoms with Crippen LogP contribution in [0, 0.1) is 5.92 Å². The summed E-state index contributed by atoms with van der Waals surface area (Å²) in [6.45, 7) is 2.07. The largest absolute Gasteiger partial charge is 0.330 e. The Morgan fingerprint density at radius 2 is 2.24 bits per heavy atom. The number of nitrogens with two attached hydrogens (primary N) is 1. The van der Waals surface area contributed by atoms with Gasteiger partial charge < -0.3 is 11.1 Å². The lowest BCUT2D eigenvalue weighted by Crippen LogP contribution is -2.26. The number of amides is 1. The monoisotopic (exact) mass is 346 g/mol. The lowest BCUT2D eigenvalue weighted by Gasteiger charge is -2.06. The molecule has 0 aliphatic rings. The molecular weight excluding hydrogens is 331 g/mol. The van der Waals surface area contributed by atoms with Gasteiger partial charge in [-0.25, -0.2) is 0 Å². The molecule has 0 spiro atoms. The van der Waals surface area contributed by atoms with Crippen molar-refractivity contribution >= 4 is 46.4 Å². The second-order valence-corrected chi connectivity index (χ2v) is 5.93. The number of aromatic nitrogens is 2. The molecule has 2 rings (SSSR count). The third kappa shape index (κ3) is 5.24. The predicted molar refractivity (Wildman–Crippen MR) is 88.3 cm³/mol. The predicted octanol–water partition coefficient (Wildman–Crippen LogP) is 2.74. The molecule has 0 saturated heterocycles. The van der Waals surface area contributed by atoms with Crippen LogP contribution in [-0.2, 0) is 11.2 Å². The molecule has 21 heavy (non-hydrogen) atoms. The Balaban J connectivity index is 0.00000220. The lowest BCUT2D eigenvalue weighted by molar-refractivity contribution is -0.119. The van der Waals surface area contributed by atoms with Gasteiger partial charge in [0.15, 0.2) is 0 Å². The molecule has 1 unspecified atom stereocenters. The zero-order chi connectivity index (χ0) is 14.5. The normalized spacial score (nSPS) is 11.6. The molecule has 114 valence electrons. The van der Waals surface area contributed by atoms with E-state index < -0.39 is 0 Å². The van der Waals surface area contributed by atoms with Crippen molar-refractivity contribution in [3.63, 3.8) is 0 Å². The zero-order valence-electron chi connectivity index (χ0n) is 11.4. The minimum Gasteiger partial charge on any atom is -0.330 e. The topological polar surface area (TPSA) is 80.9 Å². The number of carbonyl (C=O) groups is 1. The fourth-order valence-corrected chi connectivity index (χ4v) is 2.52. The zero-order valence-corrected chi connectivity index (χ0v) is 13.8. The molecule has 1 aromatic carbocycles.